The molecule has 2 aromatic rings. The Morgan fingerprint density at radius 2 is 1.95 bits per heavy atom. The molecule has 21 heavy (non-hydrogen) atoms. The maximum absolute atomic E-state index is 6.18. The molecule has 2 nitrogen and oxygen atoms in total. The molecule has 0 amide bonds. The van der Waals surface area contributed by atoms with Gasteiger partial charge in [-0.3, -0.25) is 0 Å². The van der Waals surface area contributed by atoms with Crippen LogP contribution in [0.25, 0.3) is 0 Å². The van der Waals surface area contributed by atoms with Gasteiger partial charge in [-0.15, -0.1) is 0 Å². The Balaban J connectivity index is 2.18. The Morgan fingerprint density at radius 1 is 1.19 bits per heavy atom. The van der Waals surface area contributed by atoms with Crippen molar-refractivity contribution >= 4 is 11.6 Å². The molecule has 2 aromatic carbocycles. The summed E-state index contributed by atoms with van der Waals surface area (Å²) in [6.45, 7) is 7.74. The molecule has 1 N–H and O–H groups in total. The maximum atomic E-state index is 6.18. The van der Waals surface area contributed by atoms with Gasteiger partial charge in [0.05, 0.1) is 0 Å². The molecule has 0 radical (unpaired) electrons. The summed E-state index contributed by atoms with van der Waals surface area (Å²) in [6, 6.07) is 14.4. The number of halogens is 1. The predicted molar refractivity (Wildman–Crippen MR) is 89.1 cm³/mol. The molecule has 3 heteroatoms. The lowest BCUT2D eigenvalue weighted by Gasteiger charge is -2.18. The highest BCUT2D eigenvalue weighted by Crippen LogP contribution is 2.28. The van der Waals surface area contributed by atoms with Crippen molar-refractivity contribution in [2.75, 3.05) is 6.54 Å². The number of ether oxygens (including phenoxy) is 1. The van der Waals surface area contributed by atoms with Crippen LogP contribution in [-0.4, -0.2) is 6.54 Å². The third-order valence-corrected chi connectivity index (χ3v) is 3.86. The first-order valence-corrected chi connectivity index (χ1v) is 7.69. The standard InChI is InChI=1S/C18H22ClNO/c1-4-20-14(3)16-10-9-13(2)11-18(16)21-12-15-7-5-6-8-17(15)19/h5-11,14,20H,4,12H2,1-3H3. The van der Waals surface area contributed by atoms with Gasteiger partial charge in [0, 0.05) is 22.2 Å². The first-order valence-electron chi connectivity index (χ1n) is 7.32. The van der Waals surface area contributed by atoms with Crippen LogP contribution in [0.4, 0.5) is 0 Å². The fourth-order valence-electron chi connectivity index (χ4n) is 2.31. The van der Waals surface area contributed by atoms with Gasteiger partial charge in [0.15, 0.2) is 0 Å². The first-order chi connectivity index (χ1) is 10.1. The lowest BCUT2D eigenvalue weighted by atomic mass is 10.0. The van der Waals surface area contributed by atoms with E-state index in [1.54, 1.807) is 0 Å². The first kappa shape index (κ1) is 15.9. The molecule has 0 bridgehead atoms. The van der Waals surface area contributed by atoms with E-state index in [0.29, 0.717) is 6.61 Å². The maximum Gasteiger partial charge on any atom is 0.124 e. The molecule has 0 saturated heterocycles. The number of rotatable bonds is 6. The van der Waals surface area contributed by atoms with Crippen LogP contribution < -0.4 is 10.1 Å². The summed E-state index contributed by atoms with van der Waals surface area (Å²) in [5.41, 5.74) is 3.37. The van der Waals surface area contributed by atoms with Crippen molar-refractivity contribution in [3.05, 3.63) is 64.2 Å². The van der Waals surface area contributed by atoms with Gasteiger partial charge in [-0.1, -0.05) is 48.9 Å². The Hall–Kier alpha value is -1.51. The van der Waals surface area contributed by atoms with E-state index in [4.69, 9.17) is 16.3 Å². The van der Waals surface area contributed by atoms with E-state index in [0.717, 1.165) is 22.9 Å². The molecule has 0 aliphatic carbocycles. The van der Waals surface area contributed by atoms with E-state index in [1.165, 1.54) is 11.1 Å². The van der Waals surface area contributed by atoms with Crippen LogP contribution in [0.3, 0.4) is 0 Å². The van der Waals surface area contributed by atoms with E-state index in [-0.39, 0.29) is 6.04 Å². The van der Waals surface area contributed by atoms with Crippen molar-refractivity contribution in [3.8, 4) is 5.75 Å². The minimum Gasteiger partial charge on any atom is -0.488 e. The topological polar surface area (TPSA) is 21.3 Å². The molecular weight excluding hydrogens is 282 g/mol. The van der Waals surface area contributed by atoms with Crippen molar-refractivity contribution in [2.45, 2.75) is 33.4 Å². The number of hydrogen-bond donors (Lipinski definition) is 1. The summed E-state index contributed by atoms with van der Waals surface area (Å²) in [6.07, 6.45) is 0. The molecule has 0 spiro atoms. The Bertz CT molecular complexity index is 598. The number of aryl methyl sites for hydroxylation is 1. The minimum atomic E-state index is 0.261. The Kier molecular flexibility index (Phi) is 5.66. The summed E-state index contributed by atoms with van der Waals surface area (Å²) in [5.74, 6) is 0.920. The Labute approximate surface area is 132 Å². The zero-order valence-electron chi connectivity index (χ0n) is 12.8. The van der Waals surface area contributed by atoms with Crippen LogP contribution in [-0.2, 0) is 6.61 Å². The van der Waals surface area contributed by atoms with E-state index >= 15 is 0 Å². The van der Waals surface area contributed by atoms with Gasteiger partial charge in [-0.25, -0.2) is 0 Å². The summed E-state index contributed by atoms with van der Waals surface area (Å²) >= 11 is 6.18. The molecule has 1 unspecified atom stereocenters. The largest absolute Gasteiger partial charge is 0.488 e. The normalized spacial score (nSPS) is 12.2. The fourth-order valence-corrected chi connectivity index (χ4v) is 2.50. The average molecular weight is 304 g/mol. The monoisotopic (exact) mass is 303 g/mol. The third-order valence-electron chi connectivity index (χ3n) is 3.49. The molecule has 0 aromatic heterocycles. The van der Waals surface area contributed by atoms with E-state index < -0.39 is 0 Å². The average Bonchev–Trinajstić information content (AvgIpc) is 2.46. The van der Waals surface area contributed by atoms with Crippen molar-refractivity contribution < 1.29 is 4.74 Å². The van der Waals surface area contributed by atoms with Crippen molar-refractivity contribution in [2.24, 2.45) is 0 Å². The van der Waals surface area contributed by atoms with Crippen molar-refractivity contribution in [3.63, 3.8) is 0 Å². The second-order valence-electron chi connectivity index (χ2n) is 5.20. The molecule has 0 aliphatic heterocycles. The lowest BCUT2D eigenvalue weighted by Crippen LogP contribution is -2.18. The number of benzene rings is 2. The highest BCUT2D eigenvalue weighted by molar-refractivity contribution is 6.31. The van der Waals surface area contributed by atoms with Gasteiger partial charge in [0.25, 0.3) is 0 Å². The molecule has 0 heterocycles. The molecule has 112 valence electrons. The van der Waals surface area contributed by atoms with E-state index in [2.05, 4.69) is 44.3 Å². The molecule has 0 saturated carbocycles. The minimum absolute atomic E-state index is 0.261. The van der Waals surface area contributed by atoms with Crippen LogP contribution in [0, 0.1) is 6.92 Å². The van der Waals surface area contributed by atoms with Crippen LogP contribution in [0.1, 0.15) is 36.6 Å². The highest BCUT2D eigenvalue weighted by atomic mass is 35.5. The van der Waals surface area contributed by atoms with Crippen molar-refractivity contribution in [1.82, 2.24) is 5.32 Å². The zero-order valence-corrected chi connectivity index (χ0v) is 13.6. The summed E-state index contributed by atoms with van der Waals surface area (Å²) in [4.78, 5) is 0. The van der Waals surface area contributed by atoms with Crippen LogP contribution in [0.15, 0.2) is 42.5 Å². The van der Waals surface area contributed by atoms with Gasteiger partial charge in [-0.05, 0) is 38.1 Å². The van der Waals surface area contributed by atoms with Crippen molar-refractivity contribution in [1.29, 1.82) is 0 Å². The second kappa shape index (κ2) is 7.48. The third kappa shape index (κ3) is 4.23. The number of hydrogen-bond acceptors (Lipinski definition) is 2. The van der Waals surface area contributed by atoms with Crippen LogP contribution >= 0.6 is 11.6 Å². The quantitative estimate of drug-likeness (QED) is 0.819. The summed E-state index contributed by atoms with van der Waals surface area (Å²) in [5, 5.41) is 4.17. The van der Waals surface area contributed by atoms with Gasteiger partial charge in [0.2, 0.25) is 0 Å². The SMILES string of the molecule is CCNC(C)c1ccc(C)cc1OCc1ccccc1Cl. The summed E-state index contributed by atoms with van der Waals surface area (Å²) in [7, 11) is 0. The molecular formula is C18H22ClNO. The molecule has 2 rings (SSSR count). The van der Waals surface area contributed by atoms with Gasteiger partial charge >= 0.3 is 0 Å². The van der Waals surface area contributed by atoms with Gasteiger partial charge in [-0.2, -0.15) is 0 Å². The Morgan fingerprint density at radius 3 is 2.67 bits per heavy atom. The molecule has 1 atom stereocenters. The lowest BCUT2D eigenvalue weighted by molar-refractivity contribution is 0.300. The van der Waals surface area contributed by atoms with E-state index in [1.807, 2.05) is 24.3 Å². The van der Waals surface area contributed by atoms with Crippen LogP contribution in [0.2, 0.25) is 5.02 Å². The zero-order chi connectivity index (χ0) is 15.2. The number of nitrogens with one attached hydrogen (secondary N) is 1. The van der Waals surface area contributed by atoms with Crippen LogP contribution in [0.5, 0.6) is 5.75 Å². The fraction of sp³-hybridized carbons (Fsp3) is 0.333. The summed E-state index contributed by atoms with van der Waals surface area (Å²) < 4.78 is 6.03. The van der Waals surface area contributed by atoms with Gasteiger partial charge < -0.3 is 10.1 Å². The molecule has 0 aliphatic rings. The predicted octanol–water partition coefficient (Wildman–Crippen LogP) is 4.90. The highest BCUT2D eigenvalue weighted by Gasteiger charge is 2.11. The second-order valence-corrected chi connectivity index (χ2v) is 5.61. The smallest absolute Gasteiger partial charge is 0.124 e. The van der Waals surface area contributed by atoms with Gasteiger partial charge in [0.1, 0.15) is 12.4 Å². The van der Waals surface area contributed by atoms with E-state index in [9.17, 15) is 0 Å². The molecule has 0 fully saturated rings.